The van der Waals surface area contributed by atoms with Gasteiger partial charge in [0.1, 0.15) is 0 Å². The summed E-state index contributed by atoms with van der Waals surface area (Å²) in [4.78, 5) is 16.4. The highest BCUT2D eigenvalue weighted by atomic mass is 32.2. The van der Waals surface area contributed by atoms with Gasteiger partial charge in [-0.15, -0.1) is 0 Å². The van der Waals surface area contributed by atoms with E-state index >= 15 is 0 Å². The molecular formula is C17H29N3O2S. The molecule has 0 atom stereocenters. The minimum Gasteiger partial charge on any atom is -0.388 e. The fourth-order valence-electron chi connectivity index (χ4n) is 2.91. The largest absolute Gasteiger partial charge is 0.388 e. The predicted molar refractivity (Wildman–Crippen MR) is 93.6 cm³/mol. The molecule has 2 rings (SSSR count). The molecule has 1 heterocycles. The molecule has 0 aliphatic heterocycles. The van der Waals surface area contributed by atoms with Gasteiger partial charge >= 0.3 is 0 Å². The summed E-state index contributed by atoms with van der Waals surface area (Å²) >= 11 is 1.44. The van der Waals surface area contributed by atoms with E-state index in [1.54, 1.807) is 6.20 Å². The van der Waals surface area contributed by atoms with Crippen LogP contribution in [0, 0.1) is 0 Å². The summed E-state index contributed by atoms with van der Waals surface area (Å²) in [6.07, 6.45) is 9.73. The Kier molecular flexibility index (Phi) is 6.14. The minimum atomic E-state index is -0.722. The molecular weight excluding hydrogens is 310 g/mol. The Hall–Kier alpha value is -1.01. The van der Waals surface area contributed by atoms with E-state index in [4.69, 9.17) is 0 Å². The number of thioether (sulfide) groups is 1. The van der Waals surface area contributed by atoms with Crippen molar-refractivity contribution in [2.75, 3.05) is 12.3 Å². The topological polar surface area (TPSA) is 67.2 Å². The van der Waals surface area contributed by atoms with Crippen LogP contribution in [0.1, 0.15) is 59.3 Å². The Morgan fingerprint density at radius 2 is 2.00 bits per heavy atom. The monoisotopic (exact) mass is 339 g/mol. The molecule has 0 saturated heterocycles. The van der Waals surface area contributed by atoms with Crippen LogP contribution in [-0.4, -0.2) is 38.5 Å². The number of hydrogen-bond acceptors (Lipinski definition) is 4. The Morgan fingerprint density at radius 3 is 2.61 bits per heavy atom. The Balaban J connectivity index is 1.80. The van der Waals surface area contributed by atoms with Gasteiger partial charge in [-0.05, 0) is 33.6 Å². The first-order valence-corrected chi connectivity index (χ1v) is 9.44. The summed E-state index contributed by atoms with van der Waals surface area (Å²) in [6, 6.07) is 0. The molecule has 130 valence electrons. The molecule has 0 radical (unpaired) electrons. The van der Waals surface area contributed by atoms with E-state index in [-0.39, 0.29) is 11.4 Å². The molecule has 1 aromatic rings. The number of carbonyl (C=O) groups is 1. The molecule has 1 fully saturated rings. The number of aromatic nitrogens is 2. The number of amides is 1. The highest BCUT2D eigenvalue weighted by Crippen LogP contribution is 2.27. The van der Waals surface area contributed by atoms with Crippen molar-refractivity contribution in [1.29, 1.82) is 0 Å². The van der Waals surface area contributed by atoms with Crippen LogP contribution < -0.4 is 5.32 Å². The second kappa shape index (κ2) is 7.71. The van der Waals surface area contributed by atoms with Gasteiger partial charge in [0.05, 0.1) is 11.4 Å². The molecule has 1 aliphatic rings. The van der Waals surface area contributed by atoms with Gasteiger partial charge in [-0.1, -0.05) is 37.4 Å². The van der Waals surface area contributed by atoms with E-state index < -0.39 is 5.60 Å². The lowest BCUT2D eigenvalue weighted by molar-refractivity contribution is -0.120. The number of carbonyl (C=O) groups excluding carboxylic acids is 1. The van der Waals surface area contributed by atoms with Crippen molar-refractivity contribution in [3.05, 3.63) is 12.4 Å². The van der Waals surface area contributed by atoms with E-state index in [0.717, 1.165) is 30.8 Å². The number of hydrogen-bond donors (Lipinski definition) is 2. The van der Waals surface area contributed by atoms with Crippen molar-refractivity contribution >= 4 is 17.7 Å². The summed E-state index contributed by atoms with van der Waals surface area (Å²) in [5.41, 5.74) is -0.772. The molecule has 2 N–H and O–H groups in total. The highest BCUT2D eigenvalue weighted by molar-refractivity contribution is 7.99. The van der Waals surface area contributed by atoms with E-state index in [0.29, 0.717) is 12.3 Å². The second-order valence-corrected chi connectivity index (χ2v) is 8.40. The number of aliphatic hydroxyl groups is 1. The lowest BCUT2D eigenvalue weighted by atomic mass is 9.94. The highest BCUT2D eigenvalue weighted by Gasteiger charge is 2.28. The van der Waals surface area contributed by atoms with Gasteiger partial charge < -0.3 is 15.0 Å². The molecule has 1 aromatic heterocycles. The molecule has 0 spiro atoms. The minimum absolute atomic E-state index is 0.0452. The lowest BCUT2D eigenvalue weighted by Crippen LogP contribution is -2.43. The zero-order chi connectivity index (χ0) is 16.9. The smallest absolute Gasteiger partial charge is 0.230 e. The van der Waals surface area contributed by atoms with E-state index in [1.165, 1.54) is 24.6 Å². The molecule has 23 heavy (non-hydrogen) atoms. The summed E-state index contributed by atoms with van der Waals surface area (Å²) in [5.74, 6) is 0.277. The van der Waals surface area contributed by atoms with Crippen molar-refractivity contribution in [3.63, 3.8) is 0 Å². The van der Waals surface area contributed by atoms with Crippen molar-refractivity contribution in [2.24, 2.45) is 0 Å². The average Bonchev–Trinajstić information content (AvgIpc) is 2.86. The molecule has 1 aliphatic carbocycles. The lowest BCUT2D eigenvalue weighted by Gasteiger charge is -2.26. The first-order chi connectivity index (χ1) is 10.8. The van der Waals surface area contributed by atoms with Crippen LogP contribution in [0.4, 0.5) is 0 Å². The van der Waals surface area contributed by atoms with Gasteiger partial charge in [0.15, 0.2) is 5.16 Å². The molecule has 1 saturated carbocycles. The quantitative estimate of drug-likeness (QED) is 0.639. The third kappa shape index (κ3) is 5.53. The van der Waals surface area contributed by atoms with Gasteiger partial charge in [0, 0.05) is 24.5 Å². The third-order valence-electron chi connectivity index (χ3n) is 4.31. The second-order valence-electron chi connectivity index (χ2n) is 7.45. The molecule has 0 unspecified atom stereocenters. The van der Waals surface area contributed by atoms with E-state index in [1.807, 2.05) is 6.20 Å². The maximum Gasteiger partial charge on any atom is 0.230 e. The Bertz CT molecular complexity index is 514. The van der Waals surface area contributed by atoms with Gasteiger partial charge in [0.2, 0.25) is 5.91 Å². The normalized spacial score (nSPS) is 18.4. The van der Waals surface area contributed by atoms with Crippen LogP contribution in [0.15, 0.2) is 17.6 Å². The fourth-order valence-corrected chi connectivity index (χ4v) is 3.89. The molecule has 1 amide bonds. The maximum atomic E-state index is 12.1. The van der Waals surface area contributed by atoms with Crippen LogP contribution in [0.25, 0.3) is 0 Å². The fraction of sp³-hybridized carbons (Fsp3) is 0.765. The van der Waals surface area contributed by atoms with Crippen LogP contribution in [-0.2, 0) is 10.3 Å². The third-order valence-corrected chi connectivity index (χ3v) is 5.28. The van der Waals surface area contributed by atoms with Crippen LogP contribution >= 0.6 is 11.8 Å². The van der Waals surface area contributed by atoms with Gasteiger partial charge in [-0.2, -0.15) is 0 Å². The number of nitrogens with one attached hydrogen (secondary N) is 1. The van der Waals surface area contributed by atoms with Crippen LogP contribution in [0.2, 0.25) is 0 Å². The van der Waals surface area contributed by atoms with Crippen molar-refractivity contribution < 1.29 is 9.90 Å². The summed E-state index contributed by atoms with van der Waals surface area (Å²) in [7, 11) is 0. The standard InChI is InChI=1S/C17H29N3O2S/c1-16(2,3)20-11-10-18-15(20)23-12-14(21)19-13-17(22)8-6-4-5-7-9-17/h10-11,22H,4-9,12-13H2,1-3H3,(H,19,21). The van der Waals surface area contributed by atoms with E-state index in [9.17, 15) is 9.90 Å². The number of nitrogens with zero attached hydrogens (tertiary/aromatic N) is 2. The summed E-state index contributed by atoms with van der Waals surface area (Å²) in [6.45, 7) is 6.70. The van der Waals surface area contributed by atoms with Crippen molar-refractivity contribution in [1.82, 2.24) is 14.9 Å². The molecule has 0 bridgehead atoms. The Morgan fingerprint density at radius 1 is 1.35 bits per heavy atom. The molecule has 5 nitrogen and oxygen atoms in total. The summed E-state index contributed by atoms with van der Waals surface area (Å²) in [5, 5.41) is 14.3. The van der Waals surface area contributed by atoms with Gasteiger partial charge in [0.25, 0.3) is 0 Å². The maximum absolute atomic E-state index is 12.1. The zero-order valence-electron chi connectivity index (χ0n) is 14.5. The zero-order valence-corrected chi connectivity index (χ0v) is 15.3. The molecule has 6 heteroatoms. The number of imidazole rings is 1. The number of rotatable bonds is 5. The molecule has 0 aromatic carbocycles. The Labute approximate surface area is 143 Å². The van der Waals surface area contributed by atoms with Crippen LogP contribution in [0.3, 0.4) is 0 Å². The van der Waals surface area contributed by atoms with E-state index in [2.05, 4.69) is 35.6 Å². The average molecular weight is 340 g/mol. The predicted octanol–water partition coefficient (Wildman–Crippen LogP) is 2.93. The summed E-state index contributed by atoms with van der Waals surface area (Å²) < 4.78 is 2.07. The van der Waals surface area contributed by atoms with Gasteiger partial charge in [-0.25, -0.2) is 4.98 Å². The van der Waals surface area contributed by atoms with Crippen molar-refractivity contribution in [2.45, 2.75) is 75.6 Å². The SMILES string of the molecule is CC(C)(C)n1ccnc1SCC(=O)NCC1(O)CCCCCC1. The first kappa shape index (κ1) is 18.3. The van der Waals surface area contributed by atoms with Crippen LogP contribution in [0.5, 0.6) is 0 Å². The van der Waals surface area contributed by atoms with Crippen molar-refractivity contribution in [3.8, 4) is 0 Å². The van der Waals surface area contributed by atoms with Gasteiger partial charge in [-0.3, -0.25) is 4.79 Å². The first-order valence-electron chi connectivity index (χ1n) is 8.46.